The Morgan fingerprint density at radius 3 is 2.42 bits per heavy atom. The van der Waals surface area contributed by atoms with E-state index in [-0.39, 0.29) is 23.4 Å². The largest absolute Gasteiger partial charge is 0.496 e. The highest BCUT2D eigenvalue weighted by atomic mass is 16.5. The third-order valence-corrected chi connectivity index (χ3v) is 9.20. The predicted octanol–water partition coefficient (Wildman–Crippen LogP) is 3.14. The van der Waals surface area contributed by atoms with Crippen LogP contribution in [0.3, 0.4) is 0 Å². The smallest absolute Gasteiger partial charge is 0.276 e. The van der Waals surface area contributed by atoms with Crippen molar-refractivity contribution in [1.82, 2.24) is 30.3 Å². The van der Waals surface area contributed by atoms with Crippen molar-refractivity contribution in [2.24, 2.45) is 7.05 Å². The van der Waals surface area contributed by atoms with Gasteiger partial charge in [-0.25, -0.2) is 0 Å². The topological polar surface area (TPSA) is 143 Å². The Bertz CT molecular complexity index is 1890. The molecule has 2 saturated heterocycles. The molecular formula is C36H41N7O5. The second kappa shape index (κ2) is 14.8. The molecular weight excluding hydrogens is 610 g/mol. The summed E-state index contributed by atoms with van der Waals surface area (Å²) >= 11 is 0. The van der Waals surface area contributed by atoms with Gasteiger partial charge in [-0.2, -0.15) is 5.10 Å². The molecule has 2 aromatic heterocycles. The molecule has 0 aliphatic carbocycles. The summed E-state index contributed by atoms with van der Waals surface area (Å²) in [5, 5.41) is 16.7. The zero-order valence-corrected chi connectivity index (χ0v) is 27.5. The number of aromatic nitrogens is 3. The maximum atomic E-state index is 12.5. The van der Waals surface area contributed by atoms with Gasteiger partial charge < -0.3 is 24.7 Å². The first-order chi connectivity index (χ1) is 23.3. The van der Waals surface area contributed by atoms with Crippen LogP contribution in [0.1, 0.15) is 42.7 Å². The van der Waals surface area contributed by atoms with Gasteiger partial charge in [-0.1, -0.05) is 24.0 Å². The molecule has 2 amide bonds. The van der Waals surface area contributed by atoms with Gasteiger partial charge in [-0.05, 0) is 73.7 Å². The number of hydrogen-bond acceptors (Lipinski definition) is 9. The molecule has 2 fully saturated rings. The molecule has 12 heteroatoms. The van der Waals surface area contributed by atoms with Gasteiger partial charge in [0.25, 0.3) is 5.56 Å². The number of piperidine rings is 2. The number of imide groups is 1. The van der Waals surface area contributed by atoms with Gasteiger partial charge in [0.1, 0.15) is 23.1 Å². The number of rotatable bonds is 10. The summed E-state index contributed by atoms with van der Waals surface area (Å²) < 4.78 is 13.1. The number of amides is 2. The minimum Gasteiger partial charge on any atom is -0.496 e. The van der Waals surface area contributed by atoms with Crippen molar-refractivity contribution >= 4 is 28.4 Å². The van der Waals surface area contributed by atoms with Gasteiger partial charge in [-0.3, -0.25) is 29.7 Å². The maximum absolute atomic E-state index is 12.5. The van der Waals surface area contributed by atoms with Gasteiger partial charge in [0.15, 0.2) is 0 Å². The van der Waals surface area contributed by atoms with E-state index in [1.807, 2.05) is 24.3 Å². The van der Waals surface area contributed by atoms with E-state index in [4.69, 9.17) is 9.47 Å². The molecule has 0 spiro atoms. The molecule has 4 heterocycles. The number of benzene rings is 2. The van der Waals surface area contributed by atoms with Crippen molar-refractivity contribution in [2.75, 3.05) is 45.7 Å². The number of carbonyl (C=O) groups is 2. The van der Waals surface area contributed by atoms with Crippen molar-refractivity contribution < 1.29 is 19.1 Å². The van der Waals surface area contributed by atoms with Crippen LogP contribution in [0.2, 0.25) is 0 Å². The number of ether oxygens (including phenoxy) is 2. The van der Waals surface area contributed by atoms with Gasteiger partial charge in [0.05, 0.1) is 33.5 Å². The quantitative estimate of drug-likeness (QED) is 0.116. The fourth-order valence-corrected chi connectivity index (χ4v) is 6.48. The van der Waals surface area contributed by atoms with E-state index in [9.17, 15) is 14.4 Å². The van der Waals surface area contributed by atoms with Crippen LogP contribution in [0.15, 0.2) is 53.6 Å². The van der Waals surface area contributed by atoms with Gasteiger partial charge in [-0.15, -0.1) is 0 Å². The zero-order chi connectivity index (χ0) is 33.6. The van der Waals surface area contributed by atoms with Crippen LogP contribution in [0, 0.1) is 11.8 Å². The number of anilines is 1. The van der Waals surface area contributed by atoms with E-state index in [1.165, 1.54) is 10.1 Å². The van der Waals surface area contributed by atoms with Crippen LogP contribution in [0.25, 0.3) is 22.0 Å². The van der Waals surface area contributed by atoms with Crippen molar-refractivity contribution in [3.63, 3.8) is 0 Å². The first kappa shape index (κ1) is 32.8. The fraction of sp³-hybridized carbons (Fsp3) is 0.389. The van der Waals surface area contributed by atoms with E-state index in [0.717, 1.165) is 60.2 Å². The Kier molecular flexibility index (Phi) is 10.1. The standard InChI is InChI=1S/C36H41N7O5/c1-42-22-29(27-21-38-41-34(27)36(42)46)25-18-31(47-2)28(32(19-25)48-3)20-37-14-4-5-15-43-16-12-24(13-17-43)23-6-8-26(9-7-23)39-30-10-11-33(44)40-35(30)45/h6-9,18-19,21-22,24,30,37,39H,10-17,20H2,1-3H3,(H,38,41)(H,40,44,45). The van der Waals surface area contributed by atoms with Crippen LogP contribution >= 0.6 is 0 Å². The molecule has 4 N–H and O–H groups in total. The number of fused-ring (bicyclic) bond motifs is 1. The maximum Gasteiger partial charge on any atom is 0.276 e. The summed E-state index contributed by atoms with van der Waals surface area (Å²) in [5.41, 5.74) is 5.11. The van der Waals surface area contributed by atoms with Crippen molar-refractivity contribution in [1.29, 1.82) is 0 Å². The highest BCUT2D eigenvalue weighted by Gasteiger charge is 2.26. The molecule has 0 saturated carbocycles. The average Bonchev–Trinajstić information content (AvgIpc) is 3.60. The molecule has 2 aliphatic rings. The number of aromatic amines is 1. The normalized spacial score (nSPS) is 17.1. The molecule has 6 rings (SSSR count). The summed E-state index contributed by atoms with van der Waals surface area (Å²) in [6, 6.07) is 11.9. The van der Waals surface area contributed by atoms with Gasteiger partial charge >= 0.3 is 0 Å². The molecule has 1 unspecified atom stereocenters. The van der Waals surface area contributed by atoms with Crippen LogP contribution in [0.5, 0.6) is 11.5 Å². The van der Waals surface area contributed by atoms with E-state index in [2.05, 4.69) is 55.0 Å². The van der Waals surface area contributed by atoms with Crippen LogP contribution in [0.4, 0.5) is 5.69 Å². The molecule has 0 radical (unpaired) electrons. The lowest BCUT2D eigenvalue weighted by Gasteiger charge is -2.31. The highest BCUT2D eigenvalue weighted by Crippen LogP contribution is 2.37. The minimum atomic E-state index is -0.375. The Morgan fingerprint density at radius 2 is 1.73 bits per heavy atom. The predicted molar refractivity (Wildman–Crippen MR) is 184 cm³/mol. The Hall–Kier alpha value is -5.12. The SMILES string of the molecule is COc1cc(-c2cn(C)c(=O)c3[nH]ncc23)cc(OC)c1CNCC#CCN1CCC(c2ccc(NC3CCC(=O)NC3=O)cc2)CC1. The van der Waals surface area contributed by atoms with Crippen molar-refractivity contribution in [3.05, 3.63) is 70.3 Å². The highest BCUT2D eigenvalue weighted by molar-refractivity contribution is 6.01. The summed E-state index contributed by atoms with van der Waals surface area (Å²) in [4.78, 5) is 38.3. The molecule has 4 aromatic rings. The van der Waals surface area contributed by atoms with Gasteiger partial charge in [0.2, 0.25) is 11.8 Å². The Morgan fingerprint density at radius 1 is 1.00 bits per heavy atom. The fourth-order valence-electron chi connectivity index (χ4n) is 6.48. The Labute approximate surface area is 279 Å². The number of nitrogens with zero attached hydrogens (tertiary/aromatic N) is 3. The van der Waals surface area contributed by atoms with E-state index in [0.29, 0.717) is 48.9 Å². The molecule has 48 heavy (non-hydrogen) atoms. The molecule has 2 aliphatic heterocycles. The molecule has 1 atom stereocenters. The second-order valence-electron chi connectivity index (χ2n) is 12.3. The summed E-state index contributed by atoms with van der Waals surface area (Å²) in [5.74, 6) is 7.95. The molecule has 250 valence electrons. The number of methoxy groups -OCH3 is 2. The number of H-pyrrole nitrogens is 1. The number of aryl methyl sites for hydroxylation is 1. The van der Waals surface area contributed by atoms with E-state index < -0.39 is 0 Å². The second-order valence-corrected chi connectivity index (χ2v) is 12.3. The lowest BCUT2D eigenvalue weighted by Crippen LogP contribution is -2.47. The van der Waals surface area contributed by atoms with E-state index in [1.54, 1.807) is 33.7 Å². The van der Waals surface area contributed by atoms with Crippen LogP contribution in [-0.4, -0.2) is 77.9 Å². The number of likely N-dealkylation sites (tertiary alicyclic amines) is 1. The summed E-state index contributed by atoms with van der Waals surface area (Å²) in [6.45, 7) is 3.75. The lowest BCUT2D eigenvalue weighted by molar-refractivity contribution is -0.133. The summed E-state index contributed by atoms with van der Waals surface area (Å²) in [6.07, 6.45) is 6.47. The number of hydrogen-bond donors (Lipinski definition) is 4. The van der Waals surface area contributed by atoms with Gasteiger partial charge in [0, 0.05) is 48.4 Å². The van der Waals surface area contributed by atoms with E-state index >= 15 is 0 Å². The first-order valence-electron chi connectivity index (χ1n) is 16.2. The summed E-state index contributed by atoms with van der Waals surface area (Å²) in [7, 11) is 4.99. The Balaban J connectivity index is 0.980. The molecule has 2 aromatic carbocycles. The van der Waals surface area contributed by atoms with Crippen molar-refractivity contribution in [2.45, 2.75) is 44.2 Å². The average molecular weight is 652 g/mol. The first-order valence-corrected chi connectivity index (χ1v) is 16.2. The van der Waals surface area contributed by atoms with Crippen LogP contribution in [-0.2, 0) is 23.2 Å². The molecule has 12 nitrogen and oxygen atoms in total. The zero-order valence-electron chi connectivity index (χ0n) is 27.5. The molecule has 0 bridgehead atoms. The third-order valence-electron chi connectivity index (χ3n) is 9.20. The number of nitrogens with one attached hydrogen (secondary N) is 4. The third kappa shape index (κ3) is 7.22. The lowest BCUT2D eigenvalue weighted by atomic mass is 9.89. The minimum absolute atomic E-state index is 0.137. The monoisotopic (exact) mass is 651 g/mol. The van der Waals surface area contributed by atoms with Crippen molar-refractivity contribution in [3.8, 4) is 34.5 Å². The van der Waals surface area contributed by atoms with Crippen LogP contribution < -0.4 is 31.0 Å². The number of carbonyl (C=O) groups excluding carboxylic acids is 2. The number of pyridine rings is 1.